The average molecular weight is 295 g/mol. The Morgan fingerprint density at radius 3 is 2.86 bits per heavy atom. The molecule has 0 amide bonds. The monoisotopic (exact) mass is 295 g/mol. The van der Waals surface area contributed by atoms with Crippen LogP contribution < -0.4 is 10.1 Å². The van der Waals surface area contributed by atoms with E-state index < -0.39 is 0 Å². The standard InChI is InChI=1S/C17H26FNO2/c1-4-16-13(8-9-21-16)15(19-5-2)11-12-6-7-17(20-3)14(18)10-12/h6-7,10,13,15-16,19H,4-5,8-9,11H2,1-3H3. The first-order valence-corrected chi connectivity index (χ1v) is 7.87. The second kappa shape index (κ2) is 7.76. The summed E-state index contributed by atoms with van der Waals surface area (Å²) in [6.45, 7) is 6.02. The molecule has 1 N–H and O–H groups in total. The van der Waals surface area contributed by atoms with E-state index in [1.54, 1.807) is 12.1 Å². The smallest absolute Gasteiger partial charge is 0.165 e. The highest BCUT2D eigenvalue weighted by Crippen LogP contribution is 2.29. The molecule has 0 aromatic heterocycles. The maximum Gasteiger partial charge on any atom is 0.165 e. The van der Waals surface area contributed by atoms with Gasteiger partial charge in [-0.2, -0.15) is 0 Å². The van der Waals surface area contributed by atoms with E-state index in [2.05, 4.69) is 19.2 Å². The molecule has 4 heteroatoms. The van der Waals surface area contributed by atoms with E-state index in [4.69, 9.17) is 9.47 Å². The van der Waals surface area contributed by atoms with Crippen molar-refractivity contribution in [3.8, 4) is 5.75 Å². The quantitative estimate of drug-likeness (QED) is 0.838. The van der Waals surface area contributed by atoms with Gasteiger partial charge in [-0.1, -0.05) is 19.9 Å². The predicted octanol–water partition coefficient (Wildman–Crippen LogP) is 3.17. The number of hydrogen-bond acceptors (Lipinski definition) is 3. The van der Waals surface area contributed by atoms with Gasteiger partial charge in [-0.25, -0.2) is 4.39 Å². The average Bonchev–Trinajstić information content (AvgIpc) is 2.95. The Morgan fingerprint density at radius 2 is 2.24 bits per heavy atom. The Hall–Kier alpha value is -1.13. The molecule has 1 heterocycles. The van der Waals surface area contributed by atoms with Crippen LogP contribution in [0.3, 0.4) is 0 Å². The third-order valence-electron chi connectivity index (χ3n) is 4.32. The van der Waals surface area contributed by atoms with Gasteiger partial charge in [0.05, 0.1) is 13.2 Å². The van der Waals surface area contributed by atoms with Crippen LogP contribution in [0.25, 0.3) is 0 Å². The molecule has 0 saturated carbocycles. The molecule has 1 saturated heterocycles. The molecule has 2 rings (SSSR count). The lowest BCUT2D eigenvalue weighted by molar-refractivity contribution is 0.0776. The minimum absolute atomic E-state index is 0.292. The molecule has 0 spiro atoms. The Balaban J connectivity index is 2.10. The number of methoxy groups -OCH3 is 1. The lowest BCUT2D eigenvalue weighted by Crippen LogP contribution is -2.41. The van der Waals surface area contributed by atoms with Gasteiger partial charge in [0.15, 0.2) is 11.6 Å². The largest absolute Gasteiger partial charge is 0.494 e. The van der Waals surface area contributed by atoms with Crippen molar-refractivity contribution in [1.29, 1.82) is 0 Å². The zero-order chi connectivity index (χ0) is 15.2. The zero-order valence-electron chi connectivity index (χ0n) is 13.2. The first kappa shape index (κ1) is 16.2. The topological polar surface area (TPSA) is 30.5 Å². The summed E-state index contributed by atoms with van der Waals surface area (Å²) >= 11 is 0. The van der Waals surface area contributed by atoms with Gasteiger partial charge in [0.1, 0.15) is 0 Å². The number of hydrogen-bond donors (Lipinski definition) is 1. The molecule has 118 valence electrons. The highest BCUT2D eigenvalue weighted by molar-refractivity contribution is 5.29. The first-order chi connectivity index (χ1) is 10.2. The lowest BCUT2D eigenvalue weighted by atomic mass is 9.87. The Bertz CT molecular complexity index is 452. The molecule has 0 bridgehead atoms. The van der Waals surface area contributed by atoms with Crippen LogP contribution >= 0.6 is 0 Å². The van der Waals surface area contributed by atoms with Crippen molar-refractivity contribution in [2.45, 2.75) is 45.3 Å². The summed E-state index contributed by atoms with van der Waals surface area (Å²) in [6.07, 6.45) is 3.25. The van der Waals surface area contributed by atoms with Crippen LogP contribution in [0.15, 0.2) is 18.2 Å². The molecule has 0 aliphatic carbocycles. The summed E-state index contributed by atoms with van der Waals surface area (Å²) in [7, 11) is 1.49. The van der Waals surface area contributed by atoms with E-state index in [-0.39, 0.29) is 5.82 Å². The van der Waals surface area contributed by atoms with Gasteiger partial charge in [-0.15, -0.1) is 0 Å². The molecular formula is C17H26FNO2. The van der Waals surface area contributed by atoms with Gasteiger partial charge in [-0.05, 0) is 43.5 Å². The fourth-order valence-corrected chi connectivity index (χ4v) is 3.27. The molecule has 1 aliphatic rings. The summed E-state index contributed by atoms with van der Waals surface area (Å²) in [5, 5.41) is 3.55. The van der Waals surface area contributed by atoms with Crippen LogP contribution in [-0.2, 0) is 11.2 Å². The van der Waals surface area contributed by atoms with Crippen LogP contribution in [0, 0.1) is 11.7 Å². The van der Waals surface area contributed by atoms with Gasteiger partial charge in [0.25, 0.3) is 0 Å². The van der Waals surface area contributed by atoms with Gasteiger partial charge in [0.2, 0.25) is 0 Å². The first-order valence-electron chi connectivity index (χ1n) is 7.87. The molecule has 1 aromatic carbocycles. The number of halogens is 1. The highest BCUT2D eigenvalue weighted by Gasteiger charge is 2.33. The van der Waals surface area contributed by atoms with E-state index in [1.807, 2.05) is 6.07 Å². The minimum atomic E-state index is -0.292. The summed E-state index contributed by atoms with van der Waals surface area (Å²) in [5.41, 5.74) is 1.00. The predicted molar refractivity (Wildman–Crippen MR) is 82.3 cm³/mol. The molecular weight excluding hydrogens is 269 g/mol. The van der Waals surface area contributed by atoms with Crippen molar-refractivity contribution >= 4 is 0 Å². The van der Waals surface area contributed by atoms with Gasteiger partial charge in [-0.3, -0.25) is 0 Å². The molecule has 1 aliphatic heterocycles. The van der Waals surface area contributed by atoms with Crippen molar-refractivity contribution in [3.63, 3.8) is 0 Å². The summed E-state index contributed by atoms with van der Waals surface area (Å²) < 4.78 is 24.6. The molecule has 1 aromatic rings. The minimum Gasteiger partial charge on any atom is -0.494 e. The number of likely N-dealkylation sites (N-methyl/N-ethyl adjacent to an activating group) is 1. The van der Waals surface area contributed by atoms with E-state index in [0.29, 0.717) is 23.8 Å². The summed E-state index contributed by atoms with van der Waals surface area (Å²) in [6, 6.07) is 5.56. The Labute approximate surface area is 126 Å². The van der Waals surface area contributed by atoms with Crippen LogP contribution in [0.4, 0.5) is 4.39 Å². The number of rotatable bonds is 7. The zero-order valence-corrected chi connectivity index (χ0v) is 13.2. The molecule has 1 fully saturated rings. The summed E-state index contributed by atoms with van der Waals surface area (Å²) in [5.74, 6) is 0.509. The number of ether oxygens (including phenoxy) is 2. The highest BCUT2D eigenvalue weighted by atomic mass is 19.1. The normalized spacial score (nSPS) is 23.2. The Kier molecular flexibility index (Phi) is 6.00. The molecule has 3 atom stereocenters. The maximum atomic E-state index is 13.8. The molecule has 21 heavy (non-hydrogen) atoms. The Morgan fingerprint density at radius 1 is 1.43 bits per heavy atom. The van der Waals surface area contributed by atoms with Crippen molar-refractivity contribution < 1.29 is 13.9 Å². The summed E-state index contributed by atoms with van der Waals surface area (Å²) in [4.78, 5) is 0. The van der Waals surface area contributed by atoms with Crippen molar-refractivity contribution in [3.05, 3.63) is 29.6 Å². The van der Waals surface area contributed by atoms with Crippen molar-refractivity contribution in [1.82, 2.24) is 5.32 Å². The number of benzene rings is 1. The van der Waals surface area contributed by atoms with E-state index in [9.17, 15) is 4.39 Å². The van der Waals surface area contributed by atoms with Crippen molar-refractivity contribution in [2.24, 2.45) is 5.92 Å². The third-order valence-corrected chi connectivity index (χ3v) is 4.32. The maximum absolute atomic E-state index is 13.8. The van der Waals surface area contributed by atoms with Crippen LogP contribution in [0.1, 0.15) is 32.3 Å². The van der Waals surface area contributed by atoms with Gasteiger partial charge >= 0.3 is 0 Å². The van der Waals surface area contributed by atoms with Crippen LogP contribution in [0.5, 0.6) is 5.75 Å². The van der Waals surface area contributed by atoms with E-state index in [0.717, 1.165) is 38.0 Å². The van der Waals surface area contributed by atoms with E-state index >= 15 is 0 Å². The van der Waals surface area contributed by atoms with Gasteiger partial charge in [0, 0.05) is 18.6 Å². The van der Waals surface area contributed by atoms with Gasteiger partial charge < -0.3 is 14.8 Å². The second-order valence-corrected chi connectivity index (χ2v) is 5.61. The second-order valence-electron chi connectivity index (χ2n) is 5.61. The molecule has 3 unspecified atom stereocenters. The third kappa shape index (κ3) is 3.95. The fraction of sp³-hybridized carbons (Fsp3) is 0.647. The number of nitrogens with one attached hydrogen (secondary N) is 1. The fourth-order valence-electron chi connectivity index (χ4n) is 3.27. The SMILES string of the molecule is CCNC(Cc1ccc(OC)c(F)c1)C1CCOC1CC. The van der Waals surface area contributed by atoms with Crippen LogP contribution in [0.2, 0.25) is 0 Å². The lowest BCUT2D eigenvalue weighted by Gasteiger charge is -2.28. The van der Waals surface area contributed by atoms with Crippen LogP contribution in [-0.4, -0.2) is 32.4 Å². The molecule has 3 nitrogen and oxygen atoms in total. The molecule has 0 radical (unpaired) electrons. The van der Waals surface area contributed by atoms with E-state index in [1.165, 1.54) is 7.11 Å². The van der Waals surface area contributed by atoms with Crippen molar-refractivity contribution in [2.75, 3.05) is 20.3 Å².